The van der Waals surface area contributed by atoms with Gasteiger partial charge in [0, 0.05) is 17.5 Å². The number of aliphatic carboxylic acids is 1. The molecule has 0 bridgehead atoms. The van der Waals surface area contributed by atoms with Gasteiger partial charge in [0.25, 0.3) is 0 Å². The number of aryl methyl sites for hydroxylation is 1. The molecule has 0 aliphatic carbocycles. The molecule has 2 rings (SSSR count). The van der Waals surface area contributed by atoms with E-state index < -0.39 is 12.0 Å². The van der Waals surface area contributed by atoms with E-state index in [4.69, 9.17) is 26.2 Å². The van der Waals surface area contributed by atoms with Gasteiger partial charge in [-0.15, -0.1) is 0 Å². The number of carbonyl (C=O) groups excluding carboxylic acids is 1. The van der Waals surface area contributed by atoms with Crippen molar-refractivity contribution in [2.24, 2.45) is 0 Å². The summed E-state index contributed by atoms with van der Waals surface area (Å²) in [6.45, 7) is 0. The first kappa shape index (κ1) is 20.6. The summed E-state index contributed by atoms with van der Waals surface area (Å²) < 4.78 is 10.4. The van der Waals surface area contributed by atoms with Crippen LogP contribution in [0.25, 0.3) is 0 Å². The Morgan fingerprint density at radius 1 is 1.07 bits per heavy atom. The predicted octanol–water partition coefficient (Wildman–Crippen LogP) is 3.62. The zero-order valence-electron chi connectivity index (χ0n) is 15.2. The van der Waals surface area contributed by atoms with Gasteiger partial charge in [0.05, 0.1) is 26.7 Å². The Hall–Kier alpha value is -2.73. The largest absolute Gasteiger partial charge is 0.497 e. The van der Waals surface area contributed by atoms with Crippen molar-refractivity contribution >= 4 is 23.5 Å². The van der Waals surface area contributed by atoms with Crippen LogP contribution in [-0.4, -0.2) is 31.2 Å². The number of halogens is 1. The Bertz CT molecular complexity index is 769. The number of rotatable bonds is 9. The standard InChI is InChI=1S/C20H22ClNO5/c1-26-16-9-13(10-17(11-16)27-2)3-8-19(23)22-18(12-20(24)25)14-4-6-15(21)7-5-14/h4-7,9-11,18H,3,8,12H2,1-2H3,(H,22,23)(H,24,25)/t18-/m0/s1. The van der Waals surface area contributed by atoms with Gasteiger partial charge >= 0.3 is 5.97 Å². The van der Waals surface area contributed by atoms with E-state index >= 15 is 0 Å². The van der Waals surface area contributed by atoms with Gasteiger partial charge in [-0.05, 0) is 41.8 Å². The molecule has 0 aliphatic rings. The number of ether oxygens (including phenoxy) is 2. The van der Waals surface area contributed by atoms with Crippen LogP contribution >= 0.6 is 11.6 Å². The highest BCUT2D eigenvalue weighted by Crippen LogP contribution is 2.24. The summed E-state index contributed by atoms with van der Waals surface area (Å²) in [4.78, 5) is 23.5. The molecule has 144 valence electrons. The lowest BCUT2D eigenvalue weighted by Gasteiger charge is -2.18. The smallest absolute Gasteiger partial charge is 0.305 e. The first-order chi connectivity index (χ1) is 12.9. The molecular weight excluding hydrogens is 370 g/mol. The van der Waals surface area contributed by atoms with Gasteiger partial charge in [-0.2, -0.15) is 0 Å². The molecule has 7 heteroatoms. The average Bonchev–Trinajstić information content (AvgIpc) is 2.65. The minimum atomic E-state index is -0.993. The molecule has 1 amide bonds. The molecule has 2 N–H and O–H groups in total. The van der Waals surface area contributed by atoms with Crippen molar-refractivity contribution in [1.29, 1.82) is 0 Å². The third-order valence-electron chi connectivity index (χ3n) is 4.04. The molecule has 2 aromatic carbocycles. The van der Waals surface area contributed by atoms with Crippen LogP contribution in [0.4, 0.5) is 0 Å². The van der Waals surface area contributed by atoms with Crippen LogP contribution in [0.15, 0.2) is 42.5 Å². The average molecular weight is 392 g/mol. The van der Waals surface area contributed by atoms with Gasteiger partial charge in [0.15, 0.2) is 0 Å². The number of benzene rings is 2. The maximum atomic E-state index is 12.4. The summed E-state index contributed by atoms with van der Waals surface area (Å²) >= 11 is 5.87. The summed E-state index contributed by atoms with van der Waals surface area (Å²) in [5.41, 5.74) is 1.58. The lowest BCUT2D eigenvalue weighted by Crippen LogP contribution is -2.30. The topological polar surface area (TPSA) is 84.9 Å². The van der Waals surface area contributed by atoms with Crippen LogP contribution in [0.5, 0.6) is 11.5 Å². The van der Waals surface area contributed by atoms with E-state index in [2.05, 4.69) is 5.32 Å². The molecule has 6 nitrogen and oxygen atoms in total. The molecule has 1 atom stereocenters. The van der Waals surface area contributed by atoms with E-state index in [1.165, 1.54) is 0 Å². The quantitative estimate of drug-likeness (QED) is 0.682. The molecule has 27 heavy (non-hydrogen) atoms. The molecule has 0 fully saturated rings. The minimum absolute atomic E-state index is 0.208. The summed E-state index contributed by atoms with van der Waals surface area (Å²) in [6, 6.07) is 11.6. The van der Waals surface area contributed by atoms with E-state index in [-0.39, 0.29) is 18.7 Å². The van der Waals surface area contributed by atoms with Crippen LogP contribution in [0.2, 0.25) is 5.02 Å². The monoisotopic (exact) mass is 391 g/mol. The van der Waals surface area contributed by atoms with Gasteiger partial charge in [-0.1, -0.05) is 23.7 Å². The highest BCUT2D eigenvalue weighted by molar-refractivity contribution is 6.30. The van der Waals surface area contributed by atoms with E-state index in [9.17, 15) is 9.59 Å². The summed E-state index contributed by atoms with van der Waals surface area (Å²) in [7, 11) is 3.13. The van der Waals surface area contributed by atoms with Crippen molar-refractivity contribution in [3.63, 3.8) is 0 Å². The van der Waals surface area contributed by atoms with E-state index in [1.807, 2.05) is 12.1 Å². The molecule has 0 spiro atoms. The van der Waals surface area contributed by atoms with Crippen molar-refractivity contribution in [2.75, 3.05) is 14.2 Å². The molecule has 0 unspecified atom stereocenters. The second-order valence-electron chi connectivity index (χ2n) is 5.99. The normalized spacial score (nSPS) is 11.5. The number of carboxylic acid groups (broad SMARTS) is 1. The van der Waals surface area contributed by atoms with Crippen molar-refractivity contribution < 1.29 is 24.2 Å². The van der Waals surface area contributed by atoms with Crippen molar-refractivity contribution in [3.8, 4) is 11.5 Å². The Kier molecular flexibility index (Phi) is 7.49. The fraction of sp³-hybridized carbons (Fsp3) is 0.300. The van der Waals surface area contributed by atoms with Crippen LogP contribution in [0.3, 0.4) is 0 Å². The molecule has 0 saturated carbocycles. The number of carboxylic acids is 1. The van der Waals surface area contributed by atoms with Crippen molar-refractivity contribution in [3.05, 3.63) is 58.6 Å². The number of amides is 1. The Balaban J connectivity index is 2.03. The van der Waals surface area contributed by atoms with Crippen LogP contribution in [0, 0.1) is 0 Å². The Morgan fingerprint density at radius 2 is 1.67 bits per heavy atom. The minimum Gasteiger partial charge on any atom is -0.497 e. The lowest BCUT2D eigenvalue weighted by molar-refractivity contribution is -0.137. The number of methoxy groups -OCH3 is 2. The van der Waals surface area contributed by atoms with Crippen LogP contribution in [0.1, 0.15) is 30.0 Å². The van der Waals surface area contributed by atoms with Gasteiger partial charge in [-0.3, -0.25) is 9.59 Å². The molecule has 0 saturated heterocycles. The van der Waals surface area contributed by atoms with E-state index in [0.29, 0.717) is 28.5 Å². The maximum absolute atomic E-state index is 12.4. The van der Waals surface area contributed by atoms with Crippen molar-refractivity contribution in [2.45, 2.75) is 25.3 Å². The number of hydrogen-bond acceptors (Lipinski definition) is 4. The predicted molar refractivity (Wildman–Crippen MR) is 102 cm³/mol. The molecular formula is C20H22ClNO5. The van der Waals surface area contributed by atoms with Gasteiger partial charge in [0.1, 0.15) is 11.5 Å². The molecule has 0 aromatic heterocycles. The molecule has 0 aliphatic heterocycles. The molecule has 2 aromatic rings. The highest BCUT2D eigenvalue weighted by atomic mass is 35.5. The van der Waals surface area contributed by atoms with Crippen LogP contribution < -0.4 is 14.8 Å². The second kappa shape index (κ2) is 9.83. The van der Waals surface area contributed by atoms with Crippen molar-refractivity contribution in [1.82, 2.24) is 5.32 Å². The van der Waals surface area contributed by atoms with Gasteiger partial charge in [0.2, 0.25) is 5.91 Å². The Labute approximate surface area is 163 Å². The number of hydrogen-bond donors (Lipinski definition) is 2. The first-order valence-electron chi connectivity index (χ1n) is 8.40. The third-order valence-corrected chi connectivity index (χ3v) is 4.29. The zero-order chi connectivity index (χ0) is 19.8. The fourth-order valence-corrected chi connectivity index (χ4v) is 2.78. The van der Waals surface area contributed by atoms with Crippen LogP contribution in [-0.2, 0) is 16.0 Å². The zero-order valence-corrected chi connectivity index (χ0v) is 16.0. The second-order valence-corrected chi connectivity index (χ2v) is 6.43. The van der Waals surface area contributed by atoms with Gasteiger partial charge < -0.3 is 19.9 Å². The highest BCUT2D eigenvalue weighted by Gasteiger charge is 2.18. The summed E-state index contributed by atoms with van der Waals surface area (Å²) in [6.07, 6.45) is 0.472. The fourth-order valence-electron chi connectivity index (χ4n) is 2.66. The van der Waals surface area contributed by atoms with Gasteiger partial charge in [-0.25, -0.2) is 0 Å². The summed E-state index contributed by atoms with van der Waals surface area (Å²) in [5, 5.41) is 12.5. The van der Waals surface area contributed by atoms with E-state index in [1.54, 1.807) is 44.6 Å². The Morgan fingerprint density at radius 3 is 2.19 bits per heavy atom. The SMILES string of the molecule is COc1cc(CCC(=O)N[C@@H](CC(=O)O)c2ccc(Cl)cc2)cc(OC)c1. The maximum Gasteiger partial charge on any atom is 0.305 e. The molecule has 0 radical (unpaired) electrons. The summed E-state index contributed by atoms with van der Waals surface area (Å²) in [5.74, 6) is 0.0649. The molecule has 0 heterocycles. The number of carbonyl (C=O) groups is 2. The first-order valence-corrected chi connectivity index (χ1v) is 8.77. The van der Waals surface area contributed by atoms with E-state index in [0.717, 1.165) is 5.56 Å². The number of nitrogens with one attached hydrogen (secondary N) is 1. The lowest BCUT2D eigenvalue weighted by atomic mass is 10.0. The third kappa shape index (κ3) is 6.49.